The summed E-state index contributed by atoms with van der Waals surface area (Å²) in [7, 11) is 1.40. The molecule has 0 fully saturated rings. The molecule has 6 heteroatoms. The fourth-order valence-electron chi connectivity index (χ4n) is 3.65. The van der Waals surface area contributed by atoms with E-state index >= 15 is 0 Å². The van der Waals surface area contributed by atoms with Crippen molar-refractivity contribution in [2.24, 2.45) is 5.41 Å². The first-order valence-corrected chi connectivity index (χ1v) is 11.1. The van der Waals surface area contributed by atoms with Crippen LogP contribution in [0.1, 0.15) is 67.2 Å². The van der Waals surface area contributed by atoms with Gasteiger partial charge in [0.15, 0.2) is 11.9 Å². The molecule has 32 heavy (non-hydrogen) atoms. The molecular weight excluding hydrogens is 408 g/mol. The fraction of sp³-hybridized carbons (Fsp3) is 0.615. The Kier molecular flexibility index (Phi) is 10.8. The third kappa shape index (κ3) is 8.49. The Balaban J connectivity index is 3.48. The van der Waals surface area contributed by atoms with Gasteiger partial charge in [0.1, 0.15) is 5.60 Å². The molecule has 6 nitrogen and oxygen atoms in total. The molecule has 1 aliphatic carbocycles. The molecule has 1 unspecified atom stereocenters. The molecule has 0 spiro atoms. The number of hydrogen-bond donors (Lipinski definition) is 2. The third-order valence-corrected chi connectivity index (χ3v) is 5.82. The lowest BCUT2D eigenvalue weighted by Crippen LogP contribution is -2.52. The fourth-order valence-corrected chi connectivity index (χ4v) is 3.65. The highest BCUT2D eigenvalue weighted by Gasteiger charge is 2.43. The Morgan fingerprint density at radius 2 is 1.88 bits per heavy atom. The number of allylic oxidation sites excluding steroid dienone is 5. The predicted octanol–water partition coefficient (Wildman–Crippen LogP) is 4.22. The van der Waals surface area contributed by atoms with Gasteiger partial charge in [-0.25, -0.2) is 4.79 Å². The number of aliphatic hydroxyl groups excluding tert-OH is 1. The molecule has 0 heterocycles. The summed E-state index contributed by atoms with van der Waals surface area (Å²) in [6, 6.07) is 0. The first-order chi connectivity index (χ1) is 14.8. The molecule has 1 aliphatic rings. The van der Waals surface area contributed by atoms with Crippen molar-refractivity contribution in [1.82, 2.24) is 0 Å². The van der Waals surface area contributed by atoms with Crippen LogP contribution in [0, 0.1) is 5.41 Å². The summed E-state index contributed by atoms with van der Waals surface area (Å²) in [6.45, 7) is 10.8. The zero-order chi connectivity index (χ0) is 24.5. The van der Waals surface area contributed by atoms with Crippen molar-refractivity contribution < 1.29 is 29.3 Å². The van der Waals surface area contributed by atoms with Gasteiger partial charge in [-0.15, -0.1) is 0 Å². The van der Waals surface area contributed by atoms with Gasteiger partial charge >= 0.3 is 5.97 Å². The van der Waals surface area contributed by atoms with E-state index in [-0.39, 0.29) is 24.2 Å². The largest absolute Gasteiger partial charge is 0.452 e. The zero-order valence-corrected chi connectivity index (χ0v) is 20.6. The maximum absolute atomic E-state index is 12.9. The number of esters is 1. The molecule has 0 aromatic rings. The van der Waals surface area contributed by atoms with Crippen LogP contribution >= 0.6 is 0 Å². The molecule has 0 aromatic heterocycles. The highest BCUT2D eigenvalue weighted by Crippen LogP contribution is 2.34. The molecule has 0 bridgehead atoms. The van der Waals surface area contributed by atoms with Gasteiger partial charge in [-0.05, 0) is 65.4 Å². The van der Waals surface area contributed by atoms with E-state index in [0.717, 1.165) is 18.4 Å². The minimum atomic E-state index is -1.67. The first-order valence-electron chi connectivity index (χ1n) is 11.1. The smallest absolute Gasteiger partial charge is 0.331 e. The summed E-state index contributed by atoms with van der Waals surface area (Å²) in [5.74, 6) is -0.876. The highest BCUT2D eigenvalue weighted by atomic mass is 16.6. The zero-order valence-electron chi connectivity index (χ0n) is 20.6. The van der Waals surface area contributed by atoms with Crippen molar-refractivity contribution in [1.29, 1.82) is 0 Å². The van der Waals surface area contributed by atoms with Gasteiger partial charge in [0.05, 0.1) is 12.7 Å². The Bertz CT molecular complexity index is 778. The number of hydrogen-bond acceptors (Lipinski definition) is 6. The van der Waals surface area contributed by atoms with Crippen LogP contribution in [0.3, 0.4) is 0 Å². The molecule has 0 saturated heterocycles. The quantitative estimate of drug-likeness (QED) is 0.344. The molecule has 0 aliphatic heterocycles. The third-order valence-electron chi connectivity index (χ3n) is 5.82. The van der Waals surface area contributed by atoms with Gasteiger partial charge in [-0.3, -0.25) is 4.79 Å². The van der Waals surface area contributed by atoms with Crippen LogP contribution in [0.2, 0.25) is 0 Å². The molecule has 4 atom stereocenters. The molecular formula is C26H40O6. The second-order valence-electron chi connectivity index (χ2n) is 9.58. The maximum Gasteiger partial charge on any atom is 0.331 e. The first kappa shape index (κ1) is 28.0. The van der Waals surface area contributed by atoms with Crippen molar-refractivity contribution in [3.63, 3.8) is 0 Å². The standard InChI is InChI=1S/C26H40O6/c1-18(2)9-8-12-25(5)13-10-20(17-27)21(28)16-23(31-7)26(6,30)22(11-14-25)32-24(29)15-19(3)4/h9-11,14-15,22-23,27,30H,8,12-13,16-17H2,1-7H3/b14-11?,20-10+/t22-,23?,25+,26+/m1/s1. The average molecular weight is 449 g/mol. The van der Waals surface area contributed by atoms with E-state index in [9.17, 15) is 19.8 Å². The number of methoxy groups -OCH3 is 1. The van der Waals surface area contributed by atoms with E-state index in [0.29, 0.717) is 12.0 Å². The van der Waals surface area contributed by atoms with Crippen LogP contribution in [0.25, 0.3) is 0 Å². The molecule has 180 valence electrons. The van der Waals surface area contributed by atoms with Crippen molar-refractivity contribution in [2.75, 3.05) is 13.7 Å². The predicted molar refractivity (Wildman–Crippen MR) is 126 cm³/mol. The summed E-state index contributed by atoms with van der Waals surface area (Å²) < 4.78 is 11.1. The highest BCUT2D eigenvalue weighted by molar-refractivity contribution is 5.96. The summed E-state index contributed by atoms with van der Waals surface area (Å²) >= 11 is 0. The number of Topliss-reactive ketones (excluding diaryl/α,β-unsaturated/α-hetero) is 1. The number of rotatable bonds is 7. The van der Waals surface area contributed by atoms with Crippen LogP contribution < -0.4 is 0 Å². The Morgan fingerprint density at radius 1 is 1.22 bits per heavy atom. The van der Waals surface area contributed by atoms with Gasteiger partial charge in [0.25, 0.3) is 0 Å². The van der Waals surface area contributed by atoms with Gasteiger partial charge in [0.2, 0.25) is 0 Å². The lowest BCUT2D eigenvalue weighted by molar-refractivity contribution is -0.170. The van der Waals surface area contributed by atoms with E-state index < -0.39 is 23.8 Å². The van der Waals surface area contributed by atoms with Gasteiger partial charge < -0.3 is 19.7 Å². The van der Waals surface area contributed by atoms with Crippen molar-refractivity contribution >= 4 is 11.8 Å². The van der Waals surface area contributed by atoms with E-state index in [1.807, 2.05) is 26.8 Å². The SMILES string of the molecule is COC1CC(=O)/C(CO)=C/C[C@](C)(CCC=C(C)C)C=C[C@@H](OC(=O)C=C(C)C)[C@]1(C)O. The Hall–Kier alpha value is -2.02. The van der Waals surface area contributed by atoms with Crippen molar-refractivity contribution in [3.05, 3.63) is 47.1 Å². The molecule has 0 radical (unpaired) electrons. The van der Waals surface area contributed by atoms with E-state index in [4.69, 9.17) is 9.47 Å². The van der Waals surface area contributed by atoms with Gasteiger partial charge in [-0.2, -0.15) is 0 Å². The molecule has 1 rings (SSSR count). The van der Waals surface area contributed by atoms with Crippen molar-refractivity contribution in [3.8, 4) is 0 Å². The number of carbonyl (C=O) groups is 2. The Labute approximate surface area is 192 Å². The van der Waals surface area contributed by atoms with E-state index in [1.165, 1.54) is 25.7 Å². The topological polar surface area (TPSA) is 93.1 Å². The molecule has 2 N–H and O–H groups in total. The monoisotopic (exact) mass is 448 g/mol. The summed E-state index contributed by atoms with van der Waals surface area (Å²) in [5.41, 5.74) is 0.242. The van der Waals surface area contributed by atoms with Crippen LogP contribution in [0.4, 0.5) is 0 Å². The van der Waals surface area contributed by atoms with Crippen LogP contribution in [0.15, 0.2) is 47.1 Å². The summed E-state index contributed by atoms with van der Waals surface area (Å²) in [6.07, 6.45) is 8.95. The normalized spacial score (nSPS) is 30.5. The number of ether oxygens (including phenoxy) is 2. The summed E-state index contributed by atoms with van der Waals surface area (Å²) in [5, 5.41) is 21.1. The maximum atomic E-state index is 12.9. The lowest BCUT2D eigenvalue weighted by Gasteiger charge is -2.36. The van der Waals surface area contributed by atoms with Crippen LogP contribution in [-0.2, 0) is 19.1 Å². The second kappa shape index (κ2) is 12.3. The second-order valence-corrected chi connectivity index (χ2v) is 9.58. The minimum Gasteiger partial charge on any atom is -0.452 e. The molecule has 0 amide bonds. The van der Waals surface area contributed by atoms with Crippen LogP contribution in [-0.4, -0.2) is 53.5 Å². The minimum absolute atomic E-state index is 0.144. The number of ketones is 1. The molecule has 0 saturated carbocycles. The number of carbonyl (C=O) groups excluding carboxylic acids is 2. The average Bonchev–Trinajstić information content (AvgIpc) is 2.69. The Morgan fingerprint density at radius 3 is 2.41 bits per heavy atom. The summed E-state index contributed by atoms with van der Waals surface area (Å²) in [4.78, 5) is 25.2. The lowest BCUT2D eigenvalue weighted by atomic mass is 9.80. The van der Waals surface area contributed by atoms with Crippen molar-refractivity contribution in [2.45, 2.75) is 85.0 Å². The van der Waals surface area contributed by atoms with Gasteiger partial charge in [-0.1, -0.05) is 36.3 Å². The van der Waals surface area contributed by atoms with Crippen LogP contribution in [0.5, 0.6) is 0 Å². The van der Waals surface area contributed by atoms with E-state index in [1.54, 1.807) is 26.0 Å². The number of aliphatic hydroxyl groups is 2. The van der Waals surface area contributed by atoms with Gasteiger partial charge in [0, 0.05) is 25.2 Å². The molecule has 0 aromatic carbocycles. The van der Waals surface area contributed by atoms with E-state index in [2.05, 4.69) is 6.08 Å².